The molecule has 0 saturated carbocycles. The summed E-state index contributed by atoms with van der Waals surface area (Å²) in [4.78, 5) is 11.1. The average molecular weight is 182 g/mol. The zero-order valence-corrected chi connectivity index (χ0v) is 7.64. The van der Waals surface area contributed by atoms with Crippen LogP contribution >= 0.6 is 11.8 Å². The van der Waals surface area contributed by atoms with Gasteiger partial charge in [0.15, 0.2) is 5.62 Å². The molecule has 0 aromatic heterocycles. The second-order valence-corrected chi connectivity index (χ2v) is 3.02. The van der Waals surface area contributed by atoms with Crippen LogP contribution in [0.25, 0.3) is 0 Å². The van der Waals surface area contributed by atoms with Gasteiger partial charge in [-0.15, -0.1) is 0 Å². The normalized spacial score (nSPS) is 9.42. The summed E-state index contributed by atoms with van der Waals surface area (Å²) < 4.78 is 5.24. The molecular weight excluding hydrogens is 172 g/mol. The van der Waals surface area contributed by atoms with Crippen LogP contribution in [0.1, 0.15) is 6.92 Å². The zero-order valence-electron chi connectivity index (χ0n) is 6.82. The van der Waals surface area contributed by atoms with Gasteiger partial charge in [0.05, 0.1) is 6.61 Å². The molecule has 0 N–H and O–H groups in total. The van der Waals surface area contributed by atoms with Crippen LogP contribution in [0.15, 0.2) is 29.2 Å². The summed E-state index contributed by atoms with van der Waals surface area (Å²) >= 11 is 1.17. The number of thioether (sulfide) groups is 1. The zero-order chi connectivity index (χ0) is 8.81. The van der Waals surface area contributed by atoms with E-state index in [0.717, 1.165) is 16.3 Å². The molecule has 1 rings (SSSR count). The van der Waals surface area contributed by atoms with E-state index in [-0.39, 0.29) is 0 Å². The largest absolute Gasteiger partial charge is 0.494 e. The molecule has 0 heterocycles. The molecule has 0 aliphatic carbocycles. The monoisotopic (exact) mass is 182 g/mol. The molecule has 64 valence electrons. The second-order valence-electron chi connectivity index (χ2n) is 2.12. The van der Waals surface area contributed by atoms with E-state index in [1.807, 2.05) is 31.2 Å². The Morgan fingerprint density at radius 1 is 1.42 bits per heavy atom. The third-order valence-electron chi connectivity index (χ3n) is 1.32. The molecule has 0 spiro atoms. The Balaban J connectivity index is 2.64. The van der Waals surface area contributed by atoms with Gasteiger partial charge in [-0.05, 0) is 31.2 Å². The number of hydrogen-bond donors (Lipinski definition) is 0. The van der Waals surface area contributed by atoms with Gasteiger partial charge in [-0.1, -0.05) is 11.8 Å². The average Bonchev–Trinajstić information content (AvgIpc) is 2.09. The van der Waals surface area contributed by atoms with Crippen molar-refractivity contribution in [2.24, 2.45) is 0 Å². The smallest absolute Gasteiger partial charge is 0.180 e. The lowest BCUT2D eigenvalue weighted by Gasteiger charge is -2.01. The van der Waals surface area contributed by atoms with Gasteiger partial charge in [-0.2, -0.15) is 0 Å². The summed E-state index contributed by atoms with van der Waals surface area (Å²) in [6, 6.07) is 7.44. The minimum absolute atomic E-state index is 0.667. The van der Waals surface area contributed by atoms with Crippen molar-refractivity contribution in [2.45, 2.75) is 11.8 Å². The highest BCUT2D eigenvalue weighted by Gasteiger charge is 1.93. The number of hydrogen-bond acceptors (Lipinski definition) is 3. The second kappa shape index (κ2) is 4.83. The minimum atomic E-state index is 0.667. The fourth-order valence-electron chi connectivity index (χ4n) is 0.837. The van der Waals surface area contributed by atoms with Crippen LogP contribution in [0.5, 0.6) is 5.75 Å². The van der Waals surface area contributed by atoms with Gasteiger partial charge in [0.1, 0.15) is 5.75 Å². The highest BCUT2D eigenvalue weighted by Crippen LogP contribution is 2.19. The predicted octanol–water partition coefficient (Wildman–Crippen LogP) is 2.37. The molecule has 12 heavy (non-hydrogen) atoms. The molecular formula is C9H10O2S. The van der Waals surface area contributed by atoms with Crippen molar-refractivity contribution in [1.29, 1.82) is 0 Å². The van der Waals surface area contributed by atoms with Crippen molar-refractivity contribution in [1.82, 2.24) is 0 Å². The van der Waals surface area contributed by atoms with E-state index in [1.54, 1.807) is 0 Å². The predicted molar refractivity (Wildman–Crippen MR) is 50.2 cm³/mol. The molecule has 0 atom stereocenters. The maximum atomic E-state index is 10.1. The quantitative estimate of drug-likeness (QED) is 0.528. The lowest BCUT2D eigenvalue weighted by molar-refractivity contribution is 0.340. The van der Waals surface area contributed by atoms with Crippen LogP contribution in [0.3, 0.4) is 0 Å². The first kappa shape index (κ1) is 9.13. The summed E-state index contributed by atoms with van der Waals surface area (Å²) in [5.74, 6) is 0.841. The van der Waals surface area contributed by atoms with E-state index < -0.39 is 0 Å². The first-order chi connectivity index (χ1) is 5.86. The van der Waals surface area contributed by atoms with Gasteiger partial charge in [0.2, 0.25) is 0 Å². The summed E-state index contributed by atoms with van der Waals surface area (Å²) in [5.41, 5.74) is 0.815. The van der Waals surface area contributed by atoms with Gasteiger partial charge >= 0.3 is 0 Å². The molecule has 0 fully saturated rings. The molecule has 1 aromatic carbocycles. The number of carbonyl (C=O) groups excluding carboxylic acids is 1. The van der Waals surface area contributed by atoms with E-state index in [9.17, 15) is 4.79 Å². The lowest BCUT2D eigenvalue weighted by Crippen LogP contribution is -1.90. The van der Waals surface area contributed by atoms with Crippen molar-refractivity contribution in [2.75, 3.05) is 6.61 Å². The first-order valence-electron chi connectivity index (χ1n) is 3.70. The van der Waals surface area contributed by atoms with Gasteiger partial charge in [0.25, 0.3) is 0 Å². The van der Waals surface area contributed by atoms with E-state index in [1.165, 1.54) is 11.8 Å². The molecule has 0 bridgehead atoms. The number of rotatable bonds is 4. The highest BCUT2D eigenvalue weighted by atomic mass is 32.2. The van der Waals surface area contributed by atoms with Gasteiger partial charge in [0, 0.05) is 4.90 Å². The van der Waals surface area contributed by atoms with Crippen LogP contribution in [0.4, 0.5) is 0 Å². The standard InChI is InChI=1S/C9H10O2S/c1-2-11-8-3-5-9(6-4-8)12-7-10/h3-7H,2H2,1H3. The Hall–Kier alpha value is -0.960. The first-order valence-corrected chi connectivity index (χ1v) is 4.58. The third-order valence-corrected chi connectivity index (χ3v) is 1.96. The Morgan fingerprint density at radius 2 is 2.08 bits per heavy atom. The van der Waals surface area contributed by atoms with Crippen molar-refractivity contribution in [3.05, 3.63) is 24.3 Å². The molecule has 0 aliphatic heterocycles. The van der Waals surface area contributed by atoms with Crippen LogP contribution in [0.2, 0.25) is 0 Å². The van der Waals surface area contributed by atoms with Crippen LogP contribution in [-0.4, -0.2) is 12.2 Å². The maximum Gasteiger partial charge on any atom is 0.180 e. The Bertz CT molecular complexity index is 243. The Kier molecular flexibility index (Phi) is 3.67. The molecule has 1 aromatic rings. The molecule has 0 saturated heterocycles. The Morgan fingerprint density at radius 3 is 2.58 bits per heavy atom. The Labute approximate surface area is 75.9 Å². The van der Waals surface area contributed by atoms with Gasteiger partial charge in [-0.3, -0.25) is 4.79 Å². The summed E-state index contributed by atoms with van der Waals surface area (Å²) in [5, 5.41) is 0. The SMILES string of the molecule is CCOc1ccc(SC=O)cc1. The van der Waals surface area contributed by atoms with E-state index >= 15 is 0 Å². The van der Waals surface area contributed by atoms with E-state index in [2.05, 4.69) is 0 Å². The number of carbonyl (C=O) groups is 1. The van der Waals surface area contributed by atoms with Crippen LogP contribution in [-0.2, 0) is 4.79 Å². The molecule has 0 unspecified atom stereocenters. The fraction of sp³-hybridized carbons (Fsp3) is 0.222. The van der Waals surface area contributed by atoms with Gasteiger partial charge < -0.3 is 4.74 Å². The minimum Gasteiger partial charge on any atom is -0.494 e. The number of ether oxygens (including phenoxy) is 1. The van der Waals surface area contributed by atoms with E-state index in [0.29, 0.717) is 6.61 Å². The number of benzene rings is 1. The summed E-state index contributed by atoms with van der Waals surface area (Å²) in [7, 11) is 0. The highest BCUT2D eigenvalue weighted by molar-refractivity contribution is 8.11. The summed E-state index contributed by atoms with van der Waals surface area (Å²) in [6.45, 7) is 2.61. The third kappa shape index (κ3) is 2.58. The maximum absolute atomic E-state index is 10.1. The lowest BCUT2D eigenvalue weighted by atomic mass is 10.3. The topological polar surface area (TPSA) is 26.3 Å². The van der Waals surface area contributed by atoms with Gasteiger partial charge in [-0.25, -0.2) is 0 Å². The molecule has 2 nitrogen and oxygen atoms in total. The fourth-order valence-corrected chi connectivity index (χ4v) is 1.24. The van der Waals surface area contributed by atoms with E-state index in [4.69, 9.17) is 4.74 Å². The van der Waals surface area contributed by atoms with Crippen LogP contribution in [0, 0.1) is 0 Å². The van der Waals surface area contributed by atoms with Crippen molar-refractivity contribution in [3.8, 4) is 5.75 Å². The van der Waals surface area contributed by atoms with Crippen molar-refractivity contribution >= 4 is 17.4 Å². The summed E-state index contributed by atoms with van der Waals surface area (Å²) in [6.07, 6.45) is 0. The molecule has 0 aliphatic rings. The van der Waals surface area contributed by atoms with Crippen molar-refractivity contribution < 1.29 is 9.53 Å². The molecule has 0 amide bonds. The molecule has 0 radical (unpaired) electrons. The molecule has 3 heteroatoms. The van der Waals surface area contributed by atoms with Crippen LogP contribution < -0.4 is 4.74 Å². The van der Waals surface area contributed by atoms with Crippen molar-refractivity contribution in [3.63, 3.8) is 0 Å².